The Bertz CT molecular complexity index is 1450. The zero-order valence-electron chi connectivity index (χ0n) is 17.8. The average Bonchev–Trinajstić information content (AvgIpc) is 2.87. The van der Waals surface area contributed by atoms with Crippen molar-refractivity contribution in [3.05, 3.63) is 82.3 Å². The third kappa shape index (κ3) is 4.67. The molecule has 11 heteroatoms. The number of nitrogens with one attached hydrogen (secondary N) is 1. The maximum Gasteiger partial charge on any atom is 0.278 e. The smallest absolute Gasteiger partial charge is 0.278 e. The lowest BCUT2D eigenvalue weighted by molar-refractivity contribution is 0.0707. The van der Waals surface area contributed by atoms with E-state index in [-0.39, 0.29) is 16.1 Å². The van der Waals surface area contributed by atoms with Crippen LogP contribution in [-0.2, 0) is 9.84 Å². The maximum atomic E-state index is 13.5. The van der Waals surface area contributed by atoms with Crippen molar-refractivity contribution in [3.63, 3.8) is 0 Å². The lowest BCUT2D eigenvalue weighted by Crippen LogP contribution is -2.29. The number of para-hydroxylation sites is 1. The number of pyridine rings is 2. The topological polar surface area (TPSA) is 122 Å². The predicted molar refractivity (Wildman–Crippen MR) is 135 cm³/mol. The van der Waals surface area contributed by atoms with Crippen molar-refractivity contribution >= 4 is 60.6 Å². The molecule has 0 atom stereocenters. The van der Waals surface area contributed by atoms with Crippen molar-refractivity contribution in [3.8, 4) is 5.75 Å². The van der Waals surface area contributed by atoms with E-state index in [0.29, 0.717) is 22.3 Å². The van der Waals surface area contributed by atoms with Gasteiger partial charge in [-0.3, -0.25) is 20.0 Å². The number of anilines is 2. The predicted octanol–water partition coefficient (Wildman–Crippen LogP) is 3.93. The molecule has 9 nitrogen and oxygen atoms in total. The van der Waals surface area contributed by atoms with E-state index >= 15 is 0 Å². The highest BCUT2D eigenvalue weighted by Crippen LogP contribution is 2.37. The molecule has 0 saturated carbocycles. The number of methoxy groups -OCH3 is 1. The zero-order chi connectivity index (χ0) is 24.3. The minimum atomic E-state index is -3.88. The molecule has 0 aliphatic heterocycles. The Labute approximate surface area is 209 Å². The number of carbonyl (C=O) groups excluding carboxylic acids is 1. The lowest BCUT2D eigenvalue weighted by atomic mass is 10.1. The van der Waals surface area contributed by atoms with Gasteiger partial charge in [0.25, 0.3) is 5.91 Å². The van der Waals surface area contributed by atoms with Crippen LogP contribution in [0.5, 0.6) is 5.75 Å². The number of aromatic nitrogens is 2. The molecule has 2 aromatic carbocycles. The Kier molecular flexibility index (Phi) is 6.95. The van der Waals surface area contributed by atoms with Crippen LogP contribution in [0.1, 0.15) is 10.4 Å². The van der Waals surface area contributed by atoms with Gasteiger partial charge in [0.15, 0.2) is 9.84 Å². The van der Waals surface area contributed by atoms with Crippen molar-refractivity contribution in [1.82, 2.24) is 15.4 Å². The summed E-state index contributed by atoms with van der Waals surface area (Å²) < 4.78 is 32.9. The van der Waals surface area contributed by atoms with Crippen molar-refractivity contribution in [2.24, 2.45) is 0 Å². The molecule has 0 aliphatic rings. The minimum Gasteiger partial charge on any atom is -0.497 e. The molecule has 4 aromatic rings. The largest absolute Gasteiger partial charge is 0.497 e. The summed E-state index contributed by atoms with van der Waals surface area (Å²) in [6.07, 6.45) is 4.38. The second-order valence-corrected chi connectivity index (χ2v) is 10.3. The number of hydrogen-bond donors (Lipinski definition) is 2. The van der Waals surface area contributed by atoms with Gasteiger partial charge in [-0.2, -0.15) is 0 Å². The average molecular weight is 590 g/mol. The van der Waals surface area contributed by atoms with Gasteiger partial charge < -0.3 is 9.64 Å². The fourth-order valence-electron chi connectivity index (χ4n) is 3.50. The van der Waals surface area contributed by atoms with Gasteiger partial charge in [-0.25, -0.2) is 13.9 Å². The van der Waals surface area contributed by atoms with E-state index in [1.54, 1.807) is 48.1 Å². The first kappa shape index (κ1) is 23.9. The molecule has 1 amide bonds. The fourth-order valence-corrected chi connectivity index (χ4v) is 5.45. The Morgan fingerprint density at radius 3 is 2.53 bits per heavy atom. The van der Waals surface area contributed by atoms with Crippen LogP contribution in [0.15, 0.2) is 78.1 Å². The molecule has 2 heterocycles. The third-order valence-corrected chi connectivity index (χ3v) is 7.57. The molecule has 0 aliphatic carbocycles. The number of hydrogen-bond acceptors (Lipinski definition) is 8. The van der Waals surface area contributed by atoms with Gasteiger partial charge in [0, 0.05) is 21.4 Å². The SMILES string of the molecule is COc1ccc(S(=O)(=O)CN(c2cccnc2)c2c(C(=O)NO)cnc3c(I)cccc23)cc1. The Morgan fingerprint density at radius 2 is 1.88 bits per heavy atom. The quantitative estimate of drug-likeness (QED) is 0.189. The van der Waals surface area contributed by atoms with Crippen molar-refractivity contribution in [2.45, 2.75) is 4.90 Å². The van der Waals surface area contributed by atoms with E-state index in [4.69, 9.17) is 4.74 Å². The van der Waals surface area contributed by atoms with E-state index in [0.717, 1.165) is 3.57 Å². The number of sulfone groups is 1. The third-order valence-electron chi connectivity index (χ3n) is 5.11. The van der Waals surface area contributed by atoms with Gasteiger partial charge in [-0.15, -0.1) is 0 Å². The van der Waals surface area contributed by atoms with Gasteiger partial charge in [-0.1, -0.05) is 12.1 Å². The second-order valence-electron chi connectivity index (χ2n) is 7.16. The highest BCUT2D eigenvalue weighted by Gasteiger charge is 2.27. The molecule has 174 valence electrons. The molecule has 0 saturated heterocycles. The van der Waals surface area contributed by atoms with E-state index in [9.17, 15) is 18.4 Å². The summed E-state index contributed by atoms with van der Waals surface area (Å²) in [5, 5.41) is 9.91. The van der Waals surface area contributed by atoms with Gasteiger partial charge in [0.05, 0.1) is 40.7 Å². The number of amides is 1. The normalized spacial score (nSPS) is 11.3. The summed E-state index contributed by atoms with van der Waals surface area (Å²) in [5.41, 5.74) is 2.94. The molecule has 0 unspecified atom stereocenters. The van der Waals surface area contributed by atoms with Crippen molar-refractivity contribution < 1.29 is 23.2 Å². The van der Waals surface area contributed by atoms with E-state index in [1.807, 2.05) is 6.07 Å². The van der Waals surface area contributed by atoms with Gasteiger partial charge >= 0.3 is 0 Å². The molecule has 0 bridgehead atoms. The Hall–Kier alpha value is -3.29. The lowest BCUT2D eigenvalue weighted by Gasteiger charge is -2.27. The maximum absolute atomic E-state index is 13.5. The first-order chi connectivity index (χ1) is 16.4. The van der Waals surface area contributed by atoms with Crippen LogP contribution in [0.4, 0.5) is 11.4 Å². The van der Waals surface area contributed by atoms with Crippen LogP contribution in [0.3, 0.4) is 0 Å². The first-order valence-corrected chi connectivity index (χ1v) is 12.6. The van der Waals surface area contributed by atoms with E-state index in [1.165, 1.54) is 36.5 Å². The highest BCUT2D eigenvalue weighted by atomic mass is 127. The molecule has 34 heavy (non-hydrogen) atoms. The summed E-state index contributed by atoms with van der Waals surface area (Å²) in [7, 11) is -2.39. The van der Waals surface area contributed by atoms with Gasteiger partial charge in [0.1, 0.15) is 11.6 Å². The second kappa shape index (κ2) is 9.91. The number of nitrogens with zero attached hydrogens (tertiary/aromatic N) is 3. The van der Waals surface area contributed by atoms with Crippen LogP contribution >= 0.6 is 22.6 Å². The van der Waals surface area contributed by atoms with Crippen LogP contribution in [0.25, 0.3) is 10.9 Å². The van der Waals surface area contributed by atoms with Crippen molar-refractivity contribution in [2.75, 3.05) is 17.9 Å². The zero-order valence-corrected chi connectivity index (χ0v) is 20.8. The summed E-state index contributed by atoms with van der Waals surface area (Å²) in [6.45, 7) is 0. The Balaban J connectivity index is 1.95. The van der Waals surface area contributed by atoms with Crippen LogP contribution in [0.2, 0.25) is 0 Å². The summed E-state index contributed by atoms with van der Waals surface area (Å²) in [4.78, 5) is 22.7. The molecule has 2 aromatic heterocycles. The van der Waals surface area contributed by atoms with Crippen LogP contribution in [0, 0.1) is 3.57 Å². The summed E-state index contributed by atoms with van der Waals surface area (Å²) in [5.74, 6) is -0.792. The molecule has 0 fully saturated rings. The molecule has 4 rings (SSSR count). The van der Waals surface area contributed by atoms with Gasteiger partial charge in [-0.05, 0) is 65.1 Å². The fraction of sp³-hybridized carbons (Fsp3) is 0.0870. The van der Waals surface area contributed by atoms with E-state index in [2.05, 4.69) is 32.6 Å². The van der Waals surface area contributed by atoms with Crippen LogP contribution in [-0.4, -0.2) is 42.5 Å². The number of hydroxylamine groups is 1. The molecule has 0 spiro atoms. The van der Waals surface area contributed by atoms with Gasteiger partial charge in [0.2, 0.25) is 0 Å². The number of benzene rings is 2. The van der Waals surface area contributed by atoms with Crippen molar-refractivity contribution in [1.29, 1.82) is 0 Å². The summed E-state index contributed by atoms with van der Waals surface area (Å²) in [6, 6.07) is 14.8. The monoisotopic (exact) mass is 590 g/mol. The Morgan fingerprint density at radius 1 is 1.12 bits per heavy atom. The highest BCUT2D eigenvalue weighted by molar-refractivity contribution is 14.1. The molecule has 2 N–H and O–H groups in total. The molecular weight excluding hydrogens is 571 g/mol. The van der Waals surface area contributed by atoms with E-state index < -0.39 is 21.6 Å². The number of fused-ring (bicyclic) bond motifs is 1. The number of rotatable bonds is 7. The minimum absolute atomic E-state index is 0.00536. The number of halogens is 1. The number of carbonyl (C=O) groups is 1. The standard InChI is InChI=1S/C23H19IN4O5S/c1-33-16-7-9-17(10-8-16)34(31,32)14-28(15-4-3-11-25-12-15)22-18-5-2-6-20(24)21(18)26-13-19(22)23(29)27-30/h2-13,30H,14H2,1H3,(H,27,29). The molecule has 0 radical (unpaired) electrons. The molecular formula is C23H19IN4O5S. The van der Waals surface area contributed by atoms with Crippen LogP contribution < -0.4 is 15.1 Å². The summed E-state index contributed by atoms with van der Waals surface area (Å²) >= 11 is 2.12. The number of ether oxygens (including phenoxy) is 1. The first-order valence-electron chi connectivity index (χ1n) is 9.91.